The summed E-state index contributed by atoms with van der Waals surface area (Å²) in [7, 11) is 0. The average molecular weight is 339 g/mol. The molecule has 1 aromatic heterocycles. The number of hydrogen-bond donors (Lipinski definition) is 0. The van der Waals surface area contributed by atoms with E-state index in [0.29, 0.717) is 21.3 Å². The van der Waals surface area contributed by atoms with Crippen molar-refractivity contribution in [1.29, 1.82) is 0 Å². The lowest BCUT2D eigenvalue weighted by molar-refractivity contribution is 0.152. The zero-order chi connectivity index (χ0) is 15.7. The van der Waals surface area contributed by atoms with Gasteiger partial charge in [-0.25, -0.2) is 13.5 Å². The predicted molar refractivity (Wildman–Crippen MR) is 84.0 cm³/mol. The van der Waals surface area contributed by atoms with Gasteiger partial charge >= 0.3 is 0 Å². The van der Waals surface area contributed by atoms with Gasteiger partial charge in [0.25, 0.3) is 6.43 Å². The smallest absolute Gasteiger partial charge is 0.240 e. The van der Waals surface area contributed by atoms with Gasteiger partial charge in [-0.3, -0.25) is 0 Å². The summed E-state index contributed by atoms with van der Waals surface area (Å²) in [5, 5.41) is 5.40. The van der Waals surface area contributed by atoms with E-state index in [1.807, 2.05) is 0 Å². The Morgan fingerprint density at radius 1 is 0.864 bits per heavy atom. The van der Waals surface area contributed by atoms with Gasteiger partial charge in [0.15, 0.2) is 0 Å². The molecule has 0 saturated carbocycles. The van der Waals surface area contributed by atoms with E-state index >= 15 is 0 Å². The van der Waals surface area contributed by atoms with E-state index in [9.17, 15) is 8.78 Å². The Hall–Kier alpha value is -1.91. The summed E-state index contributed by atoms with van der Waals surface area (Å²) >= 11 is 11.7. The molecule has 0 amide bonds. The minimum absolute atomic E-state index is 0.128. The third-order valence-corrected chi connectivity index (χ3v) is 3.69. The van der Waals surface area contributed by atoms with E-state index in [-0.39, 0.29) is 11.3 Å². The highest BCUT2D eigenvalue weighted by Gasteiger charge is 2.19. The Balaban J connectivity index is 2.09. The van der Waals surface area contributed by atoms with Crippen molar-refractivity contribution in [1.82, 2.24) is 9.78 Å². The standard InChI is InChI=1S/C16H10Cl2F2N2/c17-11-3-1-10(2-4-11)15-14(16(19)20)9-22(21-15)13-7-5-12(18)6-8-13/h1-9,16H. The van der Waals surface area contributed by atoms with Crippen molar-refractivity contribution in [3.63, 3.8) is 0 Å². The van der Waals surface area contributed by atoms with Gasteiger partial charge in [0, 0.05) is 21.8 Å². The zero-order valence-corrected chi connectivity index (χ0v) is 12.7. The fourth-order valence-electron chi connectivity index (χ4n) is 2.11. The number of alkyl halides is 2. The number of halogens is 4. The third-order valence-electron chi connectivity index (χ3n) is 3.19. The Labute approximate surface area is 135 Å². The number of benzene rings is 2. The van der Waals surface area contributed by atoms with Crippen molar-refractivity contribution in [2.45, 2.75) is 6.43 Å². The molecule has 3 aromatic rings. The van der Waals surface area contributed by atoms with Crippen LogP contribution in [0.4, 0.5) is 8.78 Å². The number of rotatable bonds is 3. The van der Waals surface area contributed by atoms with E-state index in [1.165, 1.54) is 10.9 Å². The normalized spacial score (nSPS) is 11.1. The van der Waals surface area contributed by atoms with Gasteiger partial charge in [-0.15, -0.1) is 0 Å². The molecule has 0 unspecified atom stereocenters. The van der Waals surface area contributed by atoms with Gasteiger partial charge in [0.05, 0.1) is 11.3 Å². The molecule has 0 N–H and O–H groups in total. The van der Waals surface area contributed by atoms with Gasteiger partial charge in [-0.2, -0.15) is 5.10 Å². The lowest BCUT2D eigenvalue weighted by Gasteiger charge is -2.01. The van der Waals surface area contributed by atoms with E-state index in [0.717, 1.165) is 0 Å². The van der Waals surface area contributed by atoms with Crippen LogP contribution in [0.1, 0.15) is 12.0 Å². The molecule has 0 aliphatic rings. The van der Waals surface area contributed by atoms with Crippen LogP contribution in [0.5, 0.6) is 0 Å². The fourth-order valence-corrected chi connectivity index (χ4v) is 2.36. The third kappa shape index (κ3) is 2.98. The van der Waals surface area contributed by atoms with E-state index in [4.69, 9.17) is 23.2 Å². The first kappa shape index (κ1) is 15.0. The number of nitrogens with zero attached hydrogens (tertiary/aromatic N) is 2. The zero-order valence-electron chi connectivity index (χ0n) is 11.2. The summed E-state index contributed by atoms with van der Waals surface area (Å²) in [5.41, 5.74) is 1.36. The Morgan fingerprint density at radius 3 is 1.95 bits per heavy atom. The largest absolute Gasteiger partial charge is 0.267 e. The van der Waals surface area contributed by atoms with Crippen LogP contribution in [0.2, 0.25) is 10.0 Å². The second-order valence-corrected chi connectivity index (χ2v) is 5.53. The van der Waals surface area contributed by atoms with Crippen molar-refractivity contribution in [2.24, 2.45) is 0 Å². The quantitative estimate of drug-likeness (QED) is 0.591. The minimum Gasteiger partial charge on any atom is -0.240 e. The average Bonchev–Trinajstić information content (AvgIpc) is 2.94. The van der Waals surface area contributed by atoms with Crippen LogP contribution in [0.25, 0.3) is 16.9 Å². The molecule has 0 spiro atoms. The topological polar surface area (TPSA) is 17.8 Å². The second-order valence-electron chi connectivity index (χ2n) is 4.66. The molecule has 22 heavy (non-hydrogen) atoms. The molecule has 6 heteroatoms. The predicted octanol–water partition coefficient (Wildman–Crippen LogP) is 5.78. The number of aromatic nitrogens is 2. The summed E-state index contributed by atoms with van der Waals surface area (Å²) in [5.74, 6) is 0. The van der Waals surface area contributed by atoms with Gasteiger partial charge < -0.3 is 0 Å². The molecule has 0 saturated heterocycles. The van der Waals surface area contributed by atoms with Crippen molar-refractivity contribution in [3.05, 3.63) is 70.3 Å². The maximum Gasteiger partial charge on any atom is 0.267 e. The maximum atomic E-state index is 13.3. The van der Waals surface area contributed by atoms with Crippen LogP contribution >= 0.6 is 23.2 Å². The SMILES string of the molecule is FC(F)c1cn(-c2ccc(Cl)cc2)nc1-c1ccc(Cl)cc1. The highest BCUT2D eigenvalue weighted by Crippen LogP contribution is 2.31. The Bertz CT molecular complexity index is 781. The molecular weight excluding hydrogens is 329 g/mol. The second kappa shape index (κ2) is 6.07. The number of hydrogen-bond acceptors (Lipinski definition) is 1. The molecule has 2 aromatic carbocycles. The summed E-state index contributed by atoms with van der Waals surface area (Å²) in [6.07, 6.45) is -1.29. The molecule has 0 aliphatic carbocycles. The first-order chi connectivity index (χ1) is 10.5. The van der Waals surface area contributed by atoms with E-state index in [2.05, 4.69) is 5.10 Å². The van der Waals surface area contributed by atoms with Crippen LogP contribution in [-0.2, 0) is 0 Å². The molecule has 1 heterocycles. The van der Waals surface area contributed by atoms with Crippen molar-refractivity contribution in [2.75, 3.05) is 0 Å². The first-order valence-corrected chi connectivity index (χ1v) is 7.20. The molecule has 0 bridgehead atoms. The molecule has 0 atom stereocenters. The highest BCUT2D eigenvalue weighted by atomic mass is 35.5. The van der Waals surface area contributed by atoms with Crippen molar-refractivity contribution < 1.29 is 8.78 Å². The van der Waals surface area contributed by atoms with Crippen molar-refractivity contribution in [3.8, 4) is 16.9 Å². The van der Waals surface area contributed by atoms with Crippen molar-refractivity contribution >= 4 is 23.2 Å². The van der Waals surface area contributed by atoms with E-state index < -0.39 is 6.43 Å². The van der Waals surface area contributed by atoms with Crippen LogP contribution in [0.3, 0.4) is 0 Å². The highest BCUT2D eigenvalue weighted by molar-refractivity contribution is 6.30. The molecular formula is C16H10Cl2F2N2. The summed E-state index contributed by atoms with van der Waals surface area (Å²) in [4.78, 5) is 0. The molecule has 0 radical (unpaired) electrons. The summed E-state index contributed by atoms with van der Waals surface area (Å²) < 4.78 is 28.0. The fraction of sp³-hybridized carbons (Fsp3) is 0.0625. The summed E-state index contributed by atoms with van der Waals surface area (Å²) in [6, 6.07) is 13.4. The first-order valence-electron chi connectivity index (χ1n) is 6.44. The molecule has 3 rings (SSSR count). The molecule has 0 aliphatic heterocycles. The molecule has 112 valence electrons. The maximum absolute atomic E-state index is 13.3. The van der Waals surface area contributed by atoms with Gasteiger partial charge in [-0.05, 0) is 36.4 Å². The lowest BCUT2D eigenvalue weighted by atomic mass is 10.1. The van der Waals surface area contributed by atoms with Crippen LogP contribution < -0.4 is 0 Å². The lowest BCUT2D eigenvalue weighted by Crippen LogP contribution is -1.94. The van der Waals surface area contributed by atoms with Crippen LogP contribution in [0.15, 0.2) is 54.7 Å². The van der Waals surface area contributed by atoms with Crippen LogP contribution in [0, 0.1) is 0 Å². The molecule has 0 fully saturated rings. The van der Waals surface area contributed by atoms with Crippen LogP contribution in [-0.4, -0.2) is 9.78 Å². The monoisotopic (exact) mass is 338 g/mol. The molecule has 2 nitrogen and oxygen atoms in total. The van der Waals surface area contributed by atoms with Gasteiger partial charge in [0.2, 0.25) is 0 Å². The Kier molecular flexibility index (Phi) is 4.14. The summed E-state index contributed by atoms with van der Waals surface area (Å²) in [6.45, 7) is 0. The van der Waals surface area contributed by atoms with E-state index in [1.54, 1.807) is 48.5 Å². The Morgan fingerprint density at radius 2 is 1.41 bits per heavy atom. The van der Waals surface area contributed by atoms with Gasteiger partial charge in [-0.1, -0.05) is 35.3 Å². The van der Waals surface area contributed by atoms with Gasteiger partial charge in [0.1, 0.15) is 5.69 Å². The minimum atomic E-state index is -2.62.